The maximum Gasteiger partial charge on any atom is 0.255 e. The van der Waals surface area contributed by atoms with E-state index in [0.717, 1.165) is 40.7 Å². The number of hydrogen-bond acceptors (Lipinski definition) is 2. The summed E-state index contributed by atoms with van der Waals surface area (Å²) in [6.45, 7) is 3.31. The molecular formula is C11H13Br2ClN2O. The standard InChI is InChI=1S/C11H12Br2N2O.ClH/c12-8-1-2-9(10(13)7-8)11(16)15-5-3-14-4-6-15;/h1-2,7,14H,3-6H2;1H. The third-order valence-corrected chi connectivity index (χ3v) is 3.72. The first kappa shape index (κ1) is 15.0. The van der Waals surface area contributed by atoms with Gasteiger partial charge >= 0.3 is 0 Å². The number of piperazine rings is 1. The van der Waals surface area contributed by atoms with Crippen LogP contribution in [0.3, 0.4) is 0 Å². The van der Waals surface area contributed by atoms with Crippen LogP contribution in [0.2, 0.25) is 0 Å². The van der Waals surface area contributed by atoms with Gasteiger partial charge in [0.1, 0.15) is 0 Å². The highest BCUT2D eigenvalue weighted by Crippen LogP contribution is 2.23. The number of carbonyl (C=O) groups excluding carboxylic acids is 1. The molecule has 1 saturated heterocycles. The van der Waals surface area contributed by atoms with E-state index < -0.39 is 0 Å². The molecule has 3 nitrogen and oxygen atoms in total. The Morgan fingerprint density at radius 1 is 1.24 bits per heavy atom. The number of nitrogens with zero attached hydrogens (tertiary/aromatic N) is 1. The van der Waals surface area contributed by atoms with E-state index >= 15 is 0 Å². The van der Waals surface area contributed by atoms with Crippen LogP contribution in [0.1, 0.15) is 10.4 Å². The highest BCUT2D eigenvalue weighted by atomic mass is 79.9. The third kappa shape index (κ3) is 3.68. The van der Waals surface area contributed by atoms with Crippen LogP contribution < -0.4 is 5.32 Å². The van der Waals surface area contributed by atoms with E-state index in [9.17, 15) is 4.79 Å². The van der Waals surface area contributed by atoms with Gasteiger partial charge in [0.15, 0.2) is 0 Å². The summed E-state index contributed by atoms with van der Waals surface area (Å²) in [6.07, 6.45) is 0. The van der Waals surface area contributed by atoms with Crippen LogP contribution in [0.25, 0.3) is 0 Å². The molecule has 1 aromatic rings. The van der Waals surface area contributed by atoms with E-state index in [0.29, 0.717) is 0 Å². The molecule has 1 fully saturated rings. The molecule has 0 bridgehead atoms. The molecule has 0 saturated carbocycles. The predicted octanol–water partition coefficient (Wildman–Crippen LogP) is 2.68. The minimum atomic E-state index is 0. The summed E-state index contributed by atoms with van der Waals surface area (Å²) in [5.74, 6) is 0.0980. The molecule has 0 aromatic heterocycles. The monoisotopic (exact) mass is 382 g/mol. The number of benzene rings is 1. The number of halogens is 3. The molecule has 0 radical (unpaired) electrons. The van der Waals surface area contributed by atoms with E-state index in [1.807, 2.05) is 23.1 Å². The summed E-state index contributed by atoms with van der Waals surface area (Å²) in [5.41, 5.74) is 0.727. The maximum absolute atomic E-state index is 12.2. The van der Waals surface area contributed by atoms with Crippen molar-refractivity contribution >= 4 is 50.2 Å². The van der Waals surface area contributed by atoms with Crippen LogP contribution in [0.15, 0.2) is 27.1 Å². The average molecular weight is 384 g/mol. The van der Waals surface area contributed by atoms with Crippen LogP contribution in [0.5, 0.6) is 0 Å². The summed E-state index contributed by atoms with van der Waals surface area (Å²) < 4.78 is 1.81. The molecule has 2 rings (SSSR count). The number of nitrogens with one attached hydrogen (secondary N) is 1. The molecule has 6 heteroatoms. The van der Waals surface area contributed by atoms with Crippen molar-refractivity contribution in [2.24, 2.45) is 0 Å². The highest BCUT2D eigenvalue weighted by Gasteiger charge is 2.19. The molecular weight excluding hydrogens is 371 g/mol. The fourth-order valence-electron chi connectivity index (χ4n) is 1.70. The maximum atomic E-state index is 12.2. The molecule has 1 aromatic carbocycles. The molecule has 1 N–H and O–H groups in total. The lowest BCUT2D eigenvalue weighted by Crippen LogP contribution is -2.46. The number of amides is 1. The Balaban J connectivity index is 0.00000144. The molecule has 0 atom stereocenters. The van der Waals surface area contributed by atoms with E-state index in [1.54, 1.807) is 0 Å². The van der Waals surface area contributed by atoms with Crippen molar-refractivity contribution in [3.8, 4) is 0 Å². The van der Waals surface area contributed by atoms with Gasteiger partial charge in [0.05, 0.1) is 5.56 Å². The summed E-state index contributed by atoms with van der Waals surface area (Å²) in [4.78, 5) is 14.1. The van der Waals surface area contributed by atoms with Crippen LogP contribution in [-0.4, -0.2) is 37.0 Å². The Labute approximate surface area is 124 Å². The van der Waals surface area contributed by atoms with Crippen molar-refractivity contribution < 1.29 is 4.79 Å². The summed E-state index contributed by atoms with van der Waals surface area (Å²) in [6, 6.07) is 5.63. The van der Waals surface area contributed by atoms with Gasteiger partial charge in [-0.2, -0.15) is 0 Å². The second-order valence-electron chi connectivity index (χ2n) is 3.67. The average Bonchev–Trinajstić information content (AvgIpc) is 2.29. The van der Waals surface area contributed by atoms with Crippen molar-refractivity contribution in [3.63, 3.8) is 0 Å². The highest BCUT2D eigenvalue weighted by molar-refractivity contribution is 9.11. The van der Waals surface area contributed by atoms with E-state index in [2.05, 4.69) is 37.2 Å². The van der Waals surface area contributed by atoms with Crippen molar-refractivity contribution in [1.29, 1.82) is 0 Å². The van der Waals surface area contributed by atoms with Crippen LogP contribution in [-0.2, 0) is 0 Å². The van der Waals surface area contributed by atoms with E-state index in [4.69, 9.17) is 0 Å². The quantitative estimate of drug-likeness (QED) is 0.808. The molecule has 1 aliphatic heterocycles. The van der Waals surface area contributed by atoms with Gasteiger partial charge in [0.25, 0.3) is 5.91 Å². The van der Waals surface area contributed by atoms with Crippen molar-refractivity contribution in [3.05, 3.63) is 32.7 Å². The normalized spacial score (nSPS) is 15.3. The number of hydrogen-bond donors (Lipinski definition) is 1. The topological polar surface area (TPSA) is 32.3 Å². The van der Waals surface area contributed by atoms with Crippen molar-refractivity contribution in [2.45, 2.75) is 0 Å². The second-order valence-corrected chi connectivity index (χ2v) is 5.44. The molecule has 0 spiro atoms. The molecule has 0 aliphatic carbocycles. The van der Waals surface area contributed by atoms with Gasteiger partial charge < -0.3 is 10.2 Å². The minimum absolute atomic E-state index is 0. The fourth-order valence-corrected chi connectivity index (χ4v) is 2.92. The van der Waals surface area contributed by atoms with Gasteiger partial charge in [0, 0.05) is 35.1 Å². The lowest BCUT2D eigenvalue weighted by molar-refractivity contribution is 0.0735. The zero-order valence-electron chi connectivity index (χ0n) is 9.08. The van der Waals surface area contributed by atoms with Gasteiger partial charge in [-0.25, -0.2) is 0 Å². The van der Waals surface area contributed by atoms with Crippen molar-refractivity contribution in [1.82, 2.24) is 10.2 Å². The van der Waals surface area contributed by atoms with E-state index in [1.165, 1.54) is 0 Å². The molecule has 1 aliphatic rings. The Bertz CT molecular complexity index is 408. The zero-order chi connectivity index (χ0) is 11.5. The lowest BCUT2D eigenvalue weighted by Gasteiger charge is -2.27. The second kappa shape index (κ2) is 6.73. The zero-order valence-corrected chi connectivity index (χ0v) is 13.1. The van der Waals surface area contributed by atoms with E-state index in [-0.39, 0.29) is 18.3 Å². The number of rotatable bonds is 1. The van der Waals surface area contributed by atoms with Gasteiger partial charge in [-0.15, -0.1) is 12.4 Å². The molecule has 94 valence electrons. The van der Waals surface area contributed by atoms with Crippen LogP contribution in [0, 0.1) is 0 Å². The van der Waals surface area contributed by atoms with Gasteiger partial charge in [0.2, 0.25) is 0 Å². The summed E-state index contributed by atoms with van der Waals surface area (Å²) >= 11 is 6.80. The molecule has 1 amide bonds. The third-order valence-electron chi connectivity index (χ3n) is 2.57. The molecule has 0 unspecified atom stereocenters. The Morgan fingerprint density at radius 2 is 1.88 bits per heavy atom. The Kier molecular flexibility index (Phi) is 5.92. The molecule has 1 heterocycles. The van der Waals surface area contributed by atoms with Crippen LogP contribution >= 0.6 is 44.3 Å². The van der Waals surface area contributed by atoms with Crippen molar-refractivity contribution in [2.75, 3.05) is 26.2 Å². The first-order chi connectivity index (χ1) is 7.68. The predicted molar refractivity (Wildman–Crippen MR) is 77.9 cm³/mol. The Morgan fingerprint density at radius 3 is 2.47 bits per heavy atom. The first-order valence-electron chi connectivity index (χ1n) is 5.13. The SMILES string of the molecule is Cl.O=C(c1ccc(Br)cc1Br)N1CCNCC1. The smallest absolute Gasteiger partial charge is 0.255 e. The number of carbonyl (C=O) groups is 1. The summed E-state index contributed by atoms with van der Waals surface area (Å²) in [7, 11) is 0. The minimum Gasteiger partial charge on any atom is -0.336 e. The van der Waals surface area contributed by atoms with Gasteiger partial charge in [-0.1, -0.05) is 15.9 Å². The Hall–Kier alpha value is -0.100. The summed E-state index contributed by atoms with van der Waals surface area (Å²) in [5, 5.41) is 3.23. The first-order valence-corrected chi connectivity index (χ1v) is 6.72. The van der Waals surface area contributed by atoms with Gasteiger partial charge in [-0.05, 0) is 34.1 Å². The molecule has 17 heavy (non-hydrogen) atoms. The lowest BCUT2D eigenvalue weighted by atomic mass is 10.2. The van der Waals surface area contributed by atoms with Gasteiger partial charge in [-0.3, -0.25) is 4.79 Å². The van der Waals surface area contributed by atoms with Crippen LogP contribution in [0.4, 0.5) is 0 Å². The largest absolute Gasteiger partial charge is 0.336 e. The fraction of sp³-hybridized carbons (Fsp3) is 0.364.